The highest BCUT2D eigenvalue weighted by Crippen LogP contribution is 2.44. The Kier molecular flexibility index (Phi) is 7.00. The van der Waals surface area contributed by atoms with Gasteiger partial charge in [-0.05, 0) is 71.7 Å². The van der Waals surface area contributed by atoms with Crippen molar-refractivity contribution in [3.05, 3.63) is 99.6 Å². The van der Waals surface area contributed by atoms with Gasteiger partial charge in [0.2, 0.25) is 0 Å². The van der Waals surface area contributed by atoms with Crippen molar-refractivity contribution < 1.29 is 19.4 Å². The highest BCUT2D eigenvalue weighted by molar-refractivity contribution is 6.51. The number of amides is 1. The summed E-state index contributed by atoms with van der Waals surface area (Å²) in [5.74, 6) is -1.15. The van der Waals surface area contributed by atoms with Gasteiger partial charge in [-0.15, -0.1) is 0 Å². The monoisotopic (exact) mass is 497 g/mol. The van der Waals surface area contributed by atoms with E-state index in [2.05, 4.69) is 27.7 Å². The molecule has 1 N–H and O–H groups in total. The number of methoxy groups -OCH3 is 1. The number of Topliss-reactive ketones (excluding diaryl/α,β-unsaturated/α-hetero) is 1. The molecule has 0 saturated carbocycles. The van der Waals surface area contributed by atoms with Gasteiger partial charge in [-0.3, -0.25) is 14.5 Å². The molecule has 1 aliphatic rings. The van der Waals surface area contributed by atoms with Gasteiger partial charge in [0.15, 0.2) is 0 Å². The van der Waals surface area contributed by atoms with E-state index in [-0.39, 0.29) is 16.7 Å². The number of ketones is 1. The quantitative estimate of drug-likeness (QED) is 0.239. The van der Waals surface area contributed by atoms with Gasteiger partial charge in [-0.25, -0.2) is 0 Å². The van der Waals surface area contributed by atoms with E-state index in [1.807, 2.05) is 68.4 Å². The minimum atomic E-state index is -0.781. The lowest BCUT2D eigenvalue weighted by molar-refractivity contribution is -0.132. The summed E-state index contributed by atoms with van der Waals surface area (Å²) < 4.78 is 5.60. The molecule has 1 saturated heterocycles. The van der Waals surface area contributed by atoms with E-state index < -0.39 is 17.7 Å². The Bertz CT molecular complexity index is 1380. The molecule has 5 nitrogen and oxygen atoms in total. The molecule has 1 atom stereocenters. The summed E-state index contributed by atoms with van der Waals surface area (Å²) in [6, 6.07) is 18.5. The van der Waals surface area contributed by atoms with Crippen LogP contribution in [0.15, 0.2) is 66.2 Å². The number of aliphatic hydroxyl groups excluding tert-OH is 1. The number of hydrogen-bond donors (Lipinski definition) is 1. The molecule has 1 heterocycles. The van der Waals surface area contributed by atoms with Crippen LogP contribution in [-0.2, 0) is 21.4 Å². The minimum absolute atomic E-state index is 0.0532. The average molecular weight is 498 g/mol. The molecule has 0 aromatic heterocycles. The van der Waals surface area contributed by atoms with E-state index in [9.17, 15) is 14.7 Å². The van der Waals surface area contributed by atoms with Crippen molar-refractivity contribution >= 4 is 23.1 Å². The minimum Gasteiger partial charge on any atom is -0.507 e. The summed E-state index contributed by atoms with van der Waals surface area (Å²) >= 11 is 0. The summed E-state index contributed by atoms with van der Waals surface area (Å²) in [4.78, 5) is 28.6. The first-order valence-corrected chi connectivity index (χ1v) is 12.6. The topological polar surface area (TPSA) is 66.8 Å². The van der Waals surface area contributed by atoms with Crippen molar-refractivity contribution in [1.29, 1.82) is 0 Å². The lowest BCUT2D eigenvalue weighted by Gasteiger charge is -2.27. The fourth-order valence-corrected chi connectivity index (χ4v) is 5.02. The lowest BCUT2D eigenvalue weighted by atomic mass is 9.87. The molecule has 37 heavy (non-hydrogen) atoms. The summed E-state index contributed by atoms with van der Waals surface area (Å²) in [7, 11) is 1.53. The van der Waals surface area contributed by atoms with Crippen molar-refractivity contribution in [3.8, 4) is 5.75 Å². The van der Waals surface area contributed by atoms with Crippen LogP contribution in [0, 0.1) is 13.8 Å². The van der Waals surface area contributed by atoms with E-state index in [4.69, 9.17) is 4.74 Å². The Morgan fingerprint density at radius 2 is 1.59 bits per heavy atom. The van der Waals surface area contributed by atoms with Crippen LogP contribution in [0.4, 0.5) is 5.69 Å². The van der Waals surface area contributed by atoms with E-state index in [1.165, 1.54) is 12.0 Å². The molecule has 4 rings (SSSR count). The number of hydrogen-bond acceptors (Lipinski definition) is 4. The summed E-state index contributed by atoms with van der Waals surface area (Å²) in [5.41, 5.74) is 5.77. The third-order valence-electron chi connectivity index (χ3n) is 7.04. The summed E-state index contributed by atoms with van der Waals surface area (Å²) in [6.45, 7) is 12.3. The van der Waals surface area contributed by atoms with E-state index in [1.54, 1.807) is 6.07 Å². The number of ether oxygens (including phenoxy) is 1. The number of aryl methyl sites for hydroxylation is 3. The smallest absolute Gasteiger partial charge is 0.300 e. The van der Waals surface area contributed by atoms with Gasteiger partial charge in [-0.2, -0.15) is 0 Å². The molecular formula is C32H35NO4. The number of nitrogens with zero attached hydrogens (tertiary/aromatic N) is 1. The molecule has 1 amide bonds. The summed E-state index contributed by atoms with van der Waals surface area (Å²) in [5, 5.41) is 11.6. The Labute approximate surface area is 219 Å². The van der Waals surface area contributed by atoms with Gasteiger partial charge in [0.05, 0.1) is 24.3 Å². The van der Waals surface area contributed by atoms with Crippen molar-refractivity contribution in [3.63, 3.8) is 0 Å². The van der Waals surface area contributed by atoms with Crippen LogP contribution < -0.4 is 9.64 Å². The van der Waals surface area contributed by atoms with Crippen molar-refractivity contribution in [1.82, 2.24) is 0 Å². The summed E-state index contributed by atoms with van der Waals surface area (Å²) in [6.07, 6.45) is 0.870. The number of carbonyl (C=O) groups excluding carboxylic acids is 2. The maximum Gasteiger partial charge on any atom is 0.300 e. The Balaban J connectivity index is 1.96. The number of rotatable bonds is 5. The molecule has 0 radical (unpaired) electrons. The number of aliphatic hydroxyl groups is 1. The first-order valence-electron chi connectivity index (χ1n) is 12.6. The first kappa shape index (κ1) is 26.2. The van der Waals surface area contributed by atoms with Gasteiger partial charge in [0.25, 0.3) is 11.7 Å². The van der Waals surface area contributed by atoms with Crippen molar-refractivity contribution in [2.45, 2.75) is 59.4 Å². The Hall–Kier alpha value is -3.86. The molecule has 3 aromatic rings. The SMILES string of the molecule is CCc1ccc(C2/C(=C(\O)c3cc(C)cc(C)c3OC)C(=O)C(=O)N2c2ccc(C(C)(C)C)cc2)cc1. The predicted molar refractivity (Wildman–Crippen MR) is 148 cm³/mol. The second kappa shape index (κ2) is 9.89. The Morgan fingerprint density at radius 3 is 2.14 bits per heavy atom. The molecule has 192 valence electrons. The third-order valence-corrected chi connectivity index (χ3v) is 7.04. The fraction of sp³-hybridized carbons (Fsp3) is 0.312. The first-order chi connectivity index (χ1) is 17.5. The van der Waals surface area contributed by atoms with Gasteiger partial charge in [0, 0.05) is 5.69 Å². The fourth-order valence-electron chi connectivity index (χ4n) is 5.02. The molecule has 3 aromatic carbocycles. The normalized spacial score (nSPS) is 17.4. The van der Waals surface area contributed by atoms with Crippen LogP contribution in [0.3, 0.4) is 0 Å². The highest BCUT2D eigenvalue weighted by Gasteiger charge is 2.47. The maximum absolute atomic E-state index is 13.6. The van der Waals surface area contributed by atoms with Gasteiger partial charge in [0.1, 0.15) is 11.5 Å². The molecule has 5 heteroatoms. The van der Waals surface area contributed by atoms with E-state index >= 15 is 0 Å². The zero-order chi connectivity index (χ0) is 27.1. The largest absolute Gasteiger partial charge is 0.507 e. The average Bonchev–Trinajstić information content (AvgIpc) is 3.13. The molecule has 1 unspecified atom stereocenters. The van der Waals surface area contributed by atoms with Crippen molar-refractivity contribution in [2.24, 2.45) is 0 Å². The third kappa shape index (κ3) is 4.78. The van der Waals surface area contributed by atoms with Crippen LogP contribution in [0.5, 0.6) is 5.75 Å². The molecule has 1 aliphatic heterocycles. The zero-order valence-corrected chi connectivity index (χ0v) is 22.7. The number of anilines is 1. The zero-order valence-electron chi connectivity index (χ0n) is 22.7. The van der Waals surface area contributed by atoms with Crippen LogP contribution in [0.1, 0.15) is 67.1 Å². The standard InChI is InChI=1S/C32H35NO4/c1-8-21-9-11-22(12-10-21)27-26(28(34)25-18-19(2)17-20(3)30(25)37-7)29(35)31(36)33(27)24-15-13-23(14-16-24)32(4,5)6/h9-18,27,34H,8H2,1-7H3/b28-26+. The second-order valence-corrected chi connectivity index (χ2v) is 10.7. The Morgan fingerprint density at radius 1 is 0.973 bits per heavy atom. The second-order valence-electron chi connectivity index (χ2n) is 10.7. The number of benzene rings is 3. The van der Waals surface area contributed by atoms with Crippen LogP contribution >= 0.6 is 0 Å². The lowest BCUT2D eigenvalue weighted by Crippen LogP contribution is -2.29. The van der Waals surface area contributed by atoms with Crippen LogP contribution in [0.25, 0.3) is 5.76 Å². The van der Waals surface area contributed by atoms with E-state index in [0.29, 0.717) is 17.0 Å². The molecule has 0 aliphatic carbocycles. The molecule has 0 spiro atoms. The highest BCUT2D eigenvalue weighted by atomic mass is 16.5. The predicted octanol–water partition coefficient (Wildman–Crippen LogP) is 6.80. The van der Waals surface area contributed by atoms with Gasteiger partial charge < -0.3 is 9.84 Å². The number of carbonyl (C=O) groups is 2. The van der Waals surface area contributed by atoms with Gasteiger partial charge >= 0.3 is 0 Å². The molecular weight excluding hydrogens is 462 g/mol. The molecule has 0 bridgehead atoms. The van der Waals surface area contributed by atoms with Crippen LogP contribution in [-0.4, -0.2) is 23.9 Å². The van der Waals surface area contributed by atoms with Crippen LogP contribution in [0.2, 0.25) is 0 Å². The maximum atomic E-state index is 13.6. The van der Waals surface area contributed by atoms with E-state index in [0.717, 1.165) is 34.2 Å². The van der Waals surface area contributed by atoms with Crippen molar-refractivity contribution in [2.75, 3.05) is 12.0 Å². The van der Waals surface area contributed by atoms with Gasteiger partial charge in [-0.1, -0.05) is 70.2 Å². The molecule has 1 fully saturated rings.